The van der Waals surface area contributed by atoms with E-state index in [1.165, 1.54) is 23.9 Å². The summed E-state index contributed by atoms with van der Waals surface area (Å²) in [4.78, 5) is 17.3. The number of carbonyl (C=O) groups excluding carboxylic acids is 1. The summed E-state index contributed by atoms with van der Waals surface area (Å²) < 4.78 is 44.4. The van der Waals surface area contributed by atoms with E-state index in [9.17, 15) is 18.0 Å². The summed E-state index contributed by atoms with van der Waals surface area (Å²) in [5.41, 5.74) is 2.58. The van der Waals surface area contributed by atoms with Crippen molar-refractivity contribution in [2.45, 2.75) is 43.8 Å². The number of nitrogens with zero attached hydrogens (tertiary/aromatic N) is 4. The summed E-state index contributed by atoms with van der Waals surface area (Å²) in [5.74, 6) is 0.0509. The number of halogens is 3. The first-order chi connectivity index (χ1) is 16.9. The van der Waals surface area contributed by atoms with Crippen LogP contribution in [0.25, 0.3) is 0 Å². The molecule has 2 aromatic carbocycles. The standard InChI is InChI=1S/C26H27F3N4O2/c27-26(28,29)21-6-3-5-20(16-21)18-8-12-32(13-9-18)14-11-23-22-7-2-1-4-19(22)10-15-33(23)25(34)24-17-30-31-35-24/h1-7,16-18,23H,8-15H2. The minimum atomic E-state index is -4.32. The third-order valence-electron chi connectivity index (χ3n) is 7.24. The number of rotatable bonds is 5. The lowest BCUT2D eigenvalue weighted by molar-refractivity contribution is -0.137. The number of benzene rings is 2. The molecule has 2 aliphatic rings. The Bertz CT molecular complexity index is 1160. The van der Waals surface area contributed by atoms with E-state index in [4.69, 9.17) is 4.52 Å². The van der Waals surface area contributed by atoms with Gasteiger partial charge in [0.1, 0.15) is 6.20 Å². The summed E-state index contributed by atoms with van der Waals surface area (Å²) in [6.45, 7) is 3.02. The summed E-state index contributed by atoms with van der Waals surface area (Å²) in [6, 6.07) is 13.8. The molecule has 1 aromatic heterocycles. The van der Waals surface area contributed by atoms with Gasteiger partial charge >= 0.3 is 6.18 Å². The molecule has 5 rings (SSSR count). The van der Waals surface area contributed by atoms with Crippen LogP contribution in [0.15, 0.2) is 59.3 Å². The second-order valence-electron chi connectivity index (χ2n) is 9.27. The zero-order valence-electron chi connectivity index (χ0n) is 19.2. The number of alkyl halides is 3. The highest BCUT2D eigenvalue weighted by Gasteiger charge is 2.34. The monoisotopic (exact) mass is 484 g/mol. The Balaban J connectivity index is 1.24. The lowest BCUT2D eigenvalue weighted by atomic mass is 9.87. The van der Waals surface area contributed by atoms with Crippen molar-refractivity contribution in [3.63, 3.8) is 0 Å². The topological polar surface area (TPSA) is 62.5 Å². The maximum absolute atomic E-state index is 13.1. The van der Waals surface area contributed by atoms with Gasteiger partial charge in [-0.05, 0) is 67.4 Å². The van der Waals surface area contributed by atoms with Gasteiger partial charge < -0.3 is 14.3 Å². The SMILES string of the molecule is O=C(c1cnno1)N1CCc2ccccc2C1CCN1CCC(c2cccc(C(F)(F)F)c2)CC1. The highest BCUT2D eigenvalue weighted by molar-refractivity contribution is 5.91. The number of likely N-dealkylation sites (tertiary alicyclic amines) is 1. The third-order valence-corrected chi connectivity index (χ3v) is 7.24. The first-order valence-corrected chi connectivity index (χ1v) is 12.0. The van der Waals surface area contributed by atoms with Gasteiger partial charge in [0.15, 0.2) is 0 Å². The Morgan fingerprint density at radius 3 is 2.60 bits per heavy atom. The van der Waals surface area contributed by atoms with Gasteiger partial charge in [-0.3, -0.25) is 4.79 Å². The molecule has 1 saturated heterocycles. The van der Waals surface area contributed by atoms with Crippen LogP contribution >= 0.6 is 0 Å². The highest BCUT2D eigenvalue weighted by Crippen LogP contribution is 2.36. The minimum absolute atomic E-state index is 0.0845. The predicted octanol–water partition coefficient (Wildman–Crippen LogP) is 5.10. The zero-order valence-corrected chi connectivity index (χ0v) is 19.2. The molecule has 0 aliphatic carbocycles. The summed E-state index contributed by atoms with van der Waals surface area (Å²) in [7, 11) is 0. The number of carbonyl (C=O) groups is 1. The second kappa shape index (κ2) is 9.81. The first kappa shape index (κ1) is 23.5. The number of hydrogen-bond acceptors (Lipinski definition) is 5. The number of aromatic nitrogens is 2. The summed E-state index contributed by atoms with van der Waals surface area (Å²) in [5, 5.41) is 7.08. The van der Waals surface area contributed by atoms with E-state index in [0.29, 0.717) is 6.54 Å². The molecule has 0 spiro atoms. The molecule has 6 nitrogen and oxygen atoms in total. The van der Waals surface area contributed by atoms with Crippen LogP contribution in [-0.2, 0) is 12.6 Å². The van der Waals surface area contributed by atoms with E-state index >= 15 is 0 Å². The fourth-order valence-electron chi connectivity index (χ4n) is 5.37. The zero-order chi connectivity index (χ0) is 24.4. The maximum atomic E-state index is 13.1. The lowest BCUT2D eigenvalue weighted by Gasteiger charge is -2.39. The van der Waals surface area contributed by atoms with E-state index in [2.05, 4.69) is 27.4 Å². The second-order valence-corrected chi connectivity index (χ2v) is 9.27. The lowest BCUT2D eigenvalue weighted by Crippen LogP contribution is -2.42. The highest BCUT2D eigenvalue weighted by atomic mass is 19.4. The van der Waals surface area contributed by atoms with Gasteiger partial charge in [0.25, 0.3) is 5.91 Å². The van der Waals surface area contributed by atoms with Crippen molar-refractivity contribution >= 4 is 5.91 Å². The van der Waals surface area contributed by atoms with Crippen LogP contribution in [0.5, 0.6) is 0 Å². The van der Waals surface area contributed by atoms with Crippen molar-refractivity contribution in [1.29, 1.82) is 0 Å². The number of fused-ring (bicyclic) bond motifs is 1. The van der Waals surface area contributed by atoms with E-state index < -0.39 is 11.7 Å². The van der Waals surface area contributed by atoms with Crippen molar-refractivity contribution in [2.24, 2.45) is 0 Å². The quantitative estimate of drug-likeness (QED) is 0.504. The Hall–Kier alpha value is -3.20. The average molecular weight is 485 g/mol. The molecule has 0 bridgehead atoms. The number of piperidine rings is 1. The van der Waals surface area contributed by atoms with Gasteiger partial charge in [-0.1, -0.05) is 42.5 Å². The van der Waals surface area contributed by atoms with Crippen LogP contribution < -0.4 is 0 Å². The predicted molar refractivity (Wildman–Crippen MR) is 123 cm³/mol. The molecule has 2 aliphatic heterocycles. The van der Waals surface area contributed by atoms with Crippen LogP contribution in [0, 0.1) is 0 Å². The summed E-state index contributed by atoms with van der Waals surface area (Å²) >= 11 is 0. The van der Waals surface area contributed by atoms with E-state index in [-0.39, 0.29) is 23.6 Å². The normalized spacial score (nSPS) is 19.5. The van der Waals surface area contributed by atoms with Gasteiger partial charge in [0.2, 0.25) is 5.76 Å². The minimum Gasteiger partial charge on any atom is -0.332 e. The Labute approximate surface area is 201 Å². The van der Waals surface area contributed by atoms with Gasteiger partial charge in [-0.15, -0.1) is 5.10 Å². The molecule has 0 N–H and O–H groups in total. The number of amides is 1. The fraction of sp³-hybridized carbons (Fsp3) is 0.423. The third kappa shape index (κ3) is 5.10. The molecular weight excluding hydrogens is 457 g/mol. The first-order valence-electron chi connectivity index (χ1n) is 12.0. The van der Waals surface area contributed by atoms with Crippen molar-refractivity contribution in [2.75, 3.05) is 26.2 Å². The van der Waals surface area contributed by atoms with Crippen LogP contribution in [0.4, 0.5) is 13.2 Å². The Kier molecular flexibility index (Phi) is 6.60. The van der Waals surface area contributed by atoms with Crippen molar-refractivity contribution in [1.82, 2.24) is 20.2 Å². The molecule has 1 fully saturated rings. The molecule has 0 radical (unpaired) electrons. The van der Waals surface area contributed by atoms with Crippen LogP contribution in [-0.4, -0.2) is 52.3 Å². The van der Waals surface area contributed by atoms with Gasteiger partial charge in [-0.2, -0.15) is 13.2 Å². The molecule has 1 atom stereocenters. The Morgan fingerprint density at radius 2 is 1.86 bits per heavy atom. The smallest absolute Gasteiger partial charge is 0.332 e. The van der Waals surface area contributed by atoms with Crippen LogP contribution in [0.2, 0.25) is 0 Å². The Morgan fingerprint density at radius 1 is 1.06 bits per heavy atom. The summed E-state index contributed by atoms with van der Waals surface area (Å²) in [6.07, 6.45) is 0.196. The fourth-order valence-corrected chi connectivity index (χ4v) is 5.37. The van der Waals surface area contributed by atoms with Crippen LogP contribution in [0.1, 0.15) is 64.0 Å². The number of hydrogen-bond donors (Lipinski definition) is 0. The molecule has 1 amide bonds. The van der Waals surface area contributed by atoms with Crippen LogP contribution in [0.3, 0.4) is 0 Å². The van der Waals surface area contributed by atoms with Crippen molar-refractivity contribution in [3.8, 4) is 0 Å². The van der Waals surface area contributed by atoms with Crippen molar-refractivity contribution < 1.29 is 22.5 Å². The molecule has 35 heavy (non-hydrogen) atoms. The molecule has 0 saturated carbocycles. The molecule has 184 valence electrons. The van der Waals surface area contributed by atoms with Gasteiger partial charge in [0, 0.05) is 18.4 Å². The van der Waals surface area contributed by atoms with Gasteiger partial charge in [-0.25, -0.2) is 0 Å². The maximum Gasteiger partial charge on any atom is 0.416 e. The van der Waals surface area contributed by atoms with E-state index in [1.54, 1.807) is 6.07 Å². The van der Waals surface area contributed by atoms with Crippen molar-refractivity contribution in [3.05, 3.63) is 82.7 Å². The van der Waals surface area contributed by atoms with E-state index in [0.717, 1.165) is 62.5 Å². The average Bonchev–Trinajstić information content (AvgIpc) is 3.42. The molecule has 3 aromatic rings. The molecule has 9 heteroatoms. The largest absolute Gasteiger partial charge is 0.416 e. The molecular formula is C26H27F3N4O2. The van der Waals surface area contributed by atoms with Gasteiger partial charge in [0.05, 0.1) is 11.6 Å². The van der Waals surface area contributed by atoms with E-state index in [1.807, 2.05) is 17.0 Å². The molecule has 3 heterocycles. The molecule has 1 unspecified atom stereocenters.